The van der Waals surface area contributed by atoms with Gasteiger partial charge in [-0.25, -0.2) is 4.98 Å². The van der Waals surface area contributed by atoms with Crippen molar-refractivity contribution in [1.82, 2.24) is 15.2 Å². The molecule has 1 atom stereocenters. The van der Waals surface area contributed by atoms with Gasteiger partial charge in [0.15, 0.2) is 0 Å². The van der Waals surface area contributed by atoms with Gasteiger partial charge in [0.25, 0.3) is 0 Å². The Hall–Kier alpha value is -2.91. The van der Waals surface area contributed by atoms with Crippen LogP contribution in [-0.4, -0.2) is 49.5 Å². The molecule has 1 aromatic heterocycles. The van der Waals surface area contributed by atoms with Crippen molar-refractivity contribution in [3.05, 3.63) is 59.8 Å². The van der Waals surface area contributed by atoms with Gasteiger partial charge in [0.2, 0.25) is 5.91 Å². The maximum Gasteiger partial charge on any atom is 0.223 e. The highest BCUT2D eigenvalue weighted by molar-refractivity contribution is 5.79. The first-order valence-electron chi connectivity index (χ1n) is 9.68. The third-order valence-corrected chi connectivity index (χ3v) is 5.34. The minimum absolute atomic E-state index is 0.0354. The first-order valence-corrected chi connectivity index (χ1v) is 9.68. The third-order valence-electron chi connectivity index (χ3n) is 5.34. The van der Waals surface area contributed by atoms with E-state index in [4.69, 9.17) is 5.26 Å². The Balaban J connectivity index is 1.51. The van der Waals surface area contributed by atoms with E-state index in [0.717, 1.165) is 31.7 Å². The van der Waals surface area contributed by atoms with Gasteiger partial charge in [0, 0.05) is 31.7 Å². The monoisotopic (exact) mass is 377 g/mol. The standard InChI is InChI=1S/C22H27N5O/c1-26(2)20(18-6-4-3-5-7-18)16-25-22(28)19-10-12-27(13-11-19)21-9-8-17(14-23)15-24-21/h3-9,15,19-20H,10-13,16H2,1-2H3,(H,25,28)/t20-/m1/s1. The minimum atomic E-state index is 0.0354. The lowest BCUT2D eigenvalue weighted by atomic mass is 9.95. The number of aromatic nitrogens is 1. The maximum absolute atomic E-state index is 12.7. The fourth-order valence-electron chi connectivity index (χ4n) is 3.63. The van der Waals surface area contributed by atoms with Crippen LogP contribution in [0.15, 0.2) is 48.7 Å². The van der Waals surface area contributed by atoms with E-state index in [-0.39, 0.29) is 17.9 Å². The van der Waals surface area contributed by atoms with E-state index < -0.39 is 0 Å². The first-order chi connectivity index (χ1) is 13.6. The topological polar surface area (TPSA) is 72.3 Å². The molecule has 1 saturated heterocycles. The van der Waals surface area contributed by atoms with E-state index in [0.29, 0.717) is 12.1 Å². The summed E-state index contributed by atoms with van der Waals surface area (Å²) in [4.78, 5) is 21.3. The smallest absolute Gasteiger partial charge is 0.223 e. The molecule has 1 aliphatic heterocycles. The van der Waals surface area contributed by atoms with E-state index in [1.54, 1.807) is 12.3 Å². The van der Waals surface area contributed by atoms with Gasteiger partial charge in [0.05, 0.1) is 11.6 Å². The van der Waals surface area contributed by atoms with Crippen LogP contribution in [0.25, 0.3) is 0 Å². The number of pyridine rings is 1. The SMILES string of the molecule is CN(C)[C@H](CNC(=O)C1CCN(c2ccc(C#N)cn2)CC1)c1ccccc1. The number of likely N-dealkylation sites (N-methyl/N-ethyl adjacent to an activating group) is 1. The number of nitrogens with zero attached hydrogens (tertiary/aromatic N) is 4. The molecule has 1 aliphatic rings. The predicted molar refractivity (Wildman–Crippen MR) is 110 cm³/mol. The molecule has 0 aliphatic carbocycles. The van der Waals surface area contributed by atoms with Crippen molar-refractivity contribution < 1.29 is 4.79 Å². The number of amides is 1. The van der Waals surface area contributed by atoms with Crippen molar-refractivity contribution >= 4 is 11.7 Å². The number of hydrogen-bond acceptors (Lipinski definition) is 5. The predicted octanol–water partition coefficient (Wildman–Crippen LogP) is 2.59. The molecule has 0 radical (unpaired) electrons. The average Bonchev–Trinajstić information content (AvgIpc) is 2.74. The van der Waals surface area contributed by atoms with Crippen LogP contribution in [0.3, 0.4) is 0 Å². The second kappa shape index (κ2) is 9.34. The first kappa shape index (κ1) is 19.8. The number of hydrogen-bond donors (Lipinski definition) is 1. The number of nitriles is 1. The van der Waals surface area contributed by atoms with Crippen LogP contribution < -0.4 is 10.2 Å². The molecule has 0 bridgehead atoms. The number of carbonyl (C=O) groups is 1. The van der Waals surface area contributed by atoms with Gasteiger partial charge < -0.3 is 15.1 Å². The molecule has 28 heavy (non-hydrogen) atoms. The van der Waals surface area contributed by atoms with E-state index in [1.807, 2.05) is 38.4 Å². The molecule has 0 spiro atoms. The van der Waals surface area contributed by atoms with Crippen LogP contribution in [0.2, 0.25) is 0 Å². The number of carbonyl (C=O) groups excluding carboxylic acids is 1. The Morgan fingerprint density at radius 2 is 1.96 bits per heavy atom. The Kier molecular flexibility index (Phi) is 6.62. The minimum Gasteiger partial charge on any atom is -0.357 e. The summed E-state index contributed by atoms with van der Waals surface area (Å²) in [5.41, 5.74) is 1.77. The highest BCUT2D eigenvalue weighted by Gasteiger charge is 2.26. The van der Waals surface area contributed by atoms with Crippen LogP contribution >= 0.6 is 0 Å². The van der Waals surface area contributed by atoms with Crippen molar-refractivity contribution in [2.24, 2.45) is 5.92 Å². The van der Waals surface area contributed by atoms with Crippen LogP contribution in [0.5, 0.6) is 0 Å². The Morgan fingerprint density at radius 1 is 1.25 bits per heavy atom. The zero-order valence-electron chi connectivity index (χ0n) is 16.5. The highest BCUT2D eigenvalue weighted by atomic mass is 16.1. The van der Waals surface area contributed by atoms with Crippen LogP contribution in [0.1, 0.15) is 30.0 Å². The normalized spacial score (nSPS) is 15.9. The molecular weight excluding hydrogens is 350 g/mol. The van der Waals surface area contributed by atoms with Gasteiger partial charge in [-0.15, -0.1) is 0 Å². The lowest BCUT2D eigenvalue weighted by molar-refractivity contribution is -0.125. The van der Waals surface area contributed by atoms with Gasteiger partial charge >= 0.3 is 0 Å². The van der Waals surface area contributed by atoms with Gasteiger partial charge in [0.1, 0.15) is 11.9 Å². The summed E-state index contributed by atoms with van der Waals surface area (Å²) in [7, 11) is 4.07. The molecular formula is C22H27N5O. The van der Waals surface area contributed by atoms with E-state index in [9.17, 15) is 4.79 Å². The fraction of sp³-hybridized carbons (Fsp3) is 0.409. The molecule has 0 saturated carbocycles. The van der Waals surface area contributed by atoms with Crippen molar-refractivity contribution in [2.75, 3.05) is 38.6 Å². The third kappa shape index (κ3) is 4.87. The van der Waals surface area contributed by atoms with Crippen molar-refractivity contribution in [2.45, 2.75) is 18.9 Å². The van der Waals surface area contributed by atoms with Crippen LogP contribution in [0, 0.1) is 17.2 Å². The molecule has 6 nitrogen and oxygen atoms in total. The molecule has 6 heteroatoms. The van der Waals surface area contributed by atoms with Crippen molar-refractivity contribution in [3.63, 3.8) is 0 Å². The summed E-state index contributed by atoms with van der Waals surface area (Å²) in [5, 5.41) is 12.0. The molecule has 2 heterocycles. The largest absolute Gasteiger partial charge is 0.357 e. The van der Waals surface area contributed by atoms with Gasteiger partial charge in [-0.2, -0.15) is 5.26 Å². The Bertz CT molecular complexity index is 805. The average molecular weight is 377 g/mol. The summed E-state index contributed by atoms with van der Waals surface area (Å²) in [5.74, 6) is 1.04. The summed E-state index contributed by atoms with van der Waals surface area (Å²) < 4.78 is 0. The Labute approximate surface area is 166 Å². The number of benzene rings is 1. The van der Waals surface area contributed by atoms with Crippen LogP contribution in [-0.2, 0) is 4.79 Å². The number of nitrogens with one attached hydrogen (secondary N) is 1. The summed E-state index contributed by atoms with van der Waals surface area (Å²) >= 11 is 0. The summed E-state index contributed by atoms with van der Waals surface area (Å²) in [6, 6.07) is 16.2. The second-order valence-electron chi connectivity index (χ2n) is 7.41. The van der Waals surface area contributed by atoms with Gasteiger partial charge in [-0.3, -0.25) is 4.79 Å². The van der Waals surface area contributed by atoms with E-state index in [1.165, 1.54) is 5.56 Å². The molecule has 1 fully saturated rings. The molecule has 2 aromatic rings. The van der Waals surface area contributed by atoms with Crippen molar-refractivity contribution in [1.29, 1.82) is 5.26 Å². The molecule has 3 rings (SSSR count). The maximum atomic E-state index is 12.7. The molecule has 1 amide bonds. The number of rotatable bonds is 6. The molecule has 146 valence electrons. The van der Waals surface area contributed by atoms with E-state index in [2.05, 4.69) is 38.3 Å². The summed E-state index contributed by atoms with van der Waals surface area (Å²) in [6.45, 7) is 2.20. The second-order valence-corrected chi connectivity index (χ2v) is 7.41. The molecule has 0 unspecified atom stereocenters. The van der Waals surface area contributed by atoms with E-state index >= 15 is 0 Å². The van der Waals surface area contributed by atoms with Crippen LogP contribution in [0.4, 0.5) is 5.82 Å². The lowest BCUT2D eigenvalue weighted by Crippen LogP contribution is -2.43. The highest BCUT2D eigenvalue weighted by Crippen LogP contribution is 2.23. The number of anilines is 1. The zero-order chi connectivity index (χ0) is 19.9. The van der Waals surface area contributed by atoms with Gasteiger partial charge in [-0.1, -0.05) is 30.3 Å². The lowest BCUT2D eigenvalue weighted by Gasteiger charge is -2.33. The summed E-state index contributed by atoms with van der Waals surface area (Å²) in [6.07, 6.45) is 3.22. The number of piperidine rings is 1. The molecule has 1 aromatic carbocycles. The van der Waals surface area contributed by atoms with Gasteiger partial charge in [-0.05, 0) is 44.6 Å². The van der Waals surface area contributed by atoms with Crippen molar-refractivity contribution in [3.8, 4) is 6.07 Å². The fourth-order valence-corrected chi connectivity index (χ4v) is 3.63. The zero-order valence-corrected chi connectivity index (χ0v) is 16.5. The quantitative estimate of drug-likeness (QED) is 0.838. The molecule has 1 N–H and O–H groups in total. The Morgan fingerprint density at radius 3 is 2.54 bits per heavy atom.